The van der Waals surface area contributed by atoms with Gasteiger partial charge in [-0.15, -0.1) is 0 Å². The van der Waals surface area contributed by atoms with E-state index >= 15 is 0 Å². The molecule has 114 valence electrons. The van der Waals surface area contributed by atoms with E-state index in [9.17, 15) is 9.59 Å². The SMILES string of the molecule is COCCNC(=O)NC(=O)CN1CCc2ccccc2C1. The maximum absolute atomic E-state index is 11.8. The summed E-state index contributed by atoms with van der Waals surface area (Å²) in [6.45, 7) is 2.61. The van der Waals surface area contributed by atoms with Gasteiger partial charge in [0.25, 0.3) is 0 Å². The monoisotopic (exact) mass is 291 g/mol. The minimum absolute atomic E-state index is 0.228. The maximum atomic E-state index is 11.8. The molecule has 1 heterocycles. The summed E-state index contributed by atoms with van der Waals surface area (Å²) in [4.78, 5) is 25.3. The largest absolute Gasteiger partial charge is 0.383 e. The van der Waals surface area contributed by atoms with Crippen molar-refractivity contribution in [2.45, 2.75) is 13.0 Å². The quantitative estimate of drug-likeness (QED) is 0.776. The van der Waals surface area contributed by atoms with Gasteiger partial charge in [0, 0.05) is 26.7 Å². The number of ether oxygens (including phenoxy) is 1. The number of nitrogens with zero attached hydrogens (tertiary/aromatic N) is 1. The first-order valence-corrected chi connectivity index (χ1v) is 7.05. The number of hydrogen-bond acceptors (Lipinski definition) is 4. The van der Waals surface area contributed by atoms with Crippen LogP contribution in [0, 0.1) is 0 Å². The molecule has 0 aliphatic carbocycles. The van der Waals surface area contributed by atoms with Crippen LogP contribution >= 0.6 is 0 Å². The average Bonchev–Trinajstić information content (AvgIpc) is 2.47. The minimum Gasteiger partial charge on any atom is -0.383 e. The fourth-order valence-electron chi connectivity index (χ4n) is 2.37. The molecule has 1 aliphatic heterocycles. The van der Waals surface area contributed by atoms with Gasteiger partial charge in [-0.1, -0.05) is 24.3 Å². The van der Waals surface area contributed by atoms with Gasteiger partial charge in [0.1, 0.15) is 0 Å². The Bertz CT molecular complexity index is 505. The van der Waals surface area contributed by atoms with E-state index in [1.54, 1.807) is 7.11 Å². The van der Waals surface area contributed by atoms with Crippen molar-refractivity contribution in [1.29, 1.82) is 0 Å². The van der Waals surface area contributed by atoms with Gasteiger partial charge in [0.2, 0.25) is 5.91 Å². The number of carbonyl (C=O) groups excluding carboxylic acids is 2. The van der Waals surface area contributed by atoms with E-state index in [1.807, 2.05) is 17.0 Å². The molecule has 2 N–H and O–H groups in total. The summed E-state index contributed by atoms with van der Waals surface area (Å²) < 4.78 is 4.82. The van der Waals surface area contributed by atoms with Crippen LogP contribution < -0.4 is 10.6 Å². The van der Waals surface area contributed by atoms with Crippen molar-refractivity contribution < 1.29 is 14.3 Å². The van der Waals surface area contributed by atoms with E-state index < -0.39 is 6.03 Å². The van der Waals surface area contributed by atoms with Crippen LogP contribution in [0.2, 0.25) is 0 Å². The number of carbonyl (C=O) groups is 2. The van der Waals surface area contributed by atoms with Gasteiger partial charge >= 0.3 is 6.03 Å². The lowest BCUT2D eigenvalue weighted by Crippen LogP contribution is -2.46. The summed E-state index contributed by atoms with van der Waals surface area (Å²) in [5, 5.41) is 4.88. The third-order valence-corrected chi connectivity index (χ3v) is 3.42. The summed E-state index contributed by atoms with van der Waals surface area (Å²) in [7, 11) is 1.55. The topological polar surface area (TPSA) is 70.7 Å². The normalized spacial score (nSPS) is 14.3. The Kier molecular flexibility index (Phi) is 5.71. The molecule has 0 spiro atoms. The Morgan fingerprint density at radius 2 is 2.05 bits per heavy atom. The molecule has 0 bridgehead atoms. The van der Waals surface area contributed by atoms with Gasteiger partial charge in [0.15, 0.2) is 0 Å². The number of nitrogens with one attached hydrogen (secondary N) is 2. The third kappa shape index (κ3) is 4.84. The zero-order chi connectivity index (χ0) is 15.1. The molecule has 1 aliphatic rings. The van der Waals surface area contributed by atoms with Crippen LogP contribution in [0.15, 0.2) is 24.3 Å². The number of benzene rings is 1. The van der Waals surface area contributed by atoms with Crippen LogP contribution in [0.4, 0.5) is 4.79 Å². The van der Waals surface area contributed by atoms with Crippen molar-refractivity contribution in [2.75, 3.05) is 33.4 Å². The zero-order valence-corrected chi connectivity index (χ0v) is 12.2. The van der Waals surface area contributed by atoms with Crippen molar-refractivity contribution in [2.24, 2.45) is 0 Å². The fourth-order valence-corrected chi connectivity index (χ4v) is 2.37. The highest BCUT2D eigenvalue weighted by Crippen LogP contribution is 2.17. The smallest absolute Gasteiger partial charge is 0.321 e. The van der Waals surface area contributed by atoms with E-state index in [0.717, 1.165) is 19.5 Å². The second-order valence-electron chi connectivity index (χ2n) is 5.03. The Hall–Kier alpha value is -1.92. The zero-order valence-electron chi connectivity index (χ0n) is 12.2. The molecule has 6 heteroatoms. The molecular weight excluding hydrogens is 270 g/mol. The highest BCUT2D eigenvalue weighted by Gasteiger charge is 2.18. The summed E-state index contributed by atoms with van der Waals surface area (Å²) in [5.74, 6) is -0.288. The summed E-state index contributed by atoms with van der Waals surface area (Å²) >= 11 is 0. The van der Waals surface area contributed by atoms with Crippen LogP contribution in [-0.4, -0.2) is 50.2 Å². The second-order valence-corrected chi connectivity index (χ2v) is 5.03. The van der Waals surface area contributed by atoms with Gasteiger partial charge in [-0.2, -0.15) is 0 Å². The minimum atomic E-state index is -0.477. The molecule has 6 nitrogen and oxygen atoms in total. The van der Waals surface area contributed by atoms with Gasteiger partial charge in [0.05, 0.1) is 13.2 Å². The Morgan fingerprint density at radius 1 is 1.29 bits per heavy atom. The van der Waals surface area contributed by atoms with Crippen LogP contribution in [0.1, 0.15) is 11.1 Å². The van der Waals surface area contributed by atoms with Gasteiger partial charge in [-0.05, 0) is 17.5 Å². The molecule has 0 unspecified atom stereocenters. The lowest BCUT2D eigenvalue weighted by molar-refractivity contribution is -0.121. The molecule has 0 aromatic heterocycles. The molecule has 0 atom stereocenters. The van der Waals surface area contributed by atoms with E-state index in [2.05, 4.69) is 22.8 Å². The number of methoxy groups -OCH3 is 1. The Morgan fingerprint density at radius 3 is 2.81 bits per heavy atom. The molecule has 0 saturated carbocycles. The number of urea groups is 1. The molecular formula is C15H21N3O3. The number of fused-ring (bicyclic) bond motifs is 1. The number of hydrogen-bond donors (Lipinski definition) is 2. The third-order valence-electron chi connectivity index (χ3n) is 3.42. The van der Waals surface area contributed by atoms with E-state index in [4.69, 9.17) is 4.74 Å². The number of imide groups is 1. The van der Waals surface area contributed by atoms with Crippen LogP contribution in [-0.2, 0) is 22.5 Å². The molecule has 1 aromatic rings. The van der Waals surface area contributed by atoms with E-state index in [-0.39, 0.29) is 12.5 Å². The van der Waals surface area contributed by atoms with Gasteiger partial charge < -0.3 is 10.1 Å². The van der Waals surface area contributed by atoms with Gasteiger partial charge in [-0.25, -0.2) is 4.79 Å². The molecule has 1 aromatic carbocycles. The lowest BCUT2D eigenvalue weighted by Gasteiger charge is -2.27. The molecule has 0 radical (unpaired) electrons. The van der Waals surface area contributed by atoms with Crippen molar-refractivity contribution in [3.05, 3.63) is 35.4 Å². The highest BCUT2D eigenvalue weighted by molar-refractivity contribution is 5.95. The molecule has 0 fully saturated rings. The summed E-state index contributed by atoms with van der Waals surface area (Å²) in [5.41, 5.74) is 2.59. The standard InChI is InChI=1S/C15H21N3O3/c1-21-9-7-16-15(20)17-14(19)11-18-8-6-12-4-2-3-5-13(12)10-18/h2-5H,6-11H2,1H3,(H2,16,17,19,20). The number of amides is 3. The van der Waals surface area contributed by atoms with Crippen LogP contribution in [0.3, 0.4) is 0 Å². The Balaban J connectivity index is 1.75. The predicted molar refractivity (Wildman–Crippen MR) is 78.8 cm³/mol. The van der Waals surface area contributed by atoms with Gasteiger partial charge in [-0.3, -0.25) is 15.0 Å². The molecule has 3 amide bonds. The summed E-state index contributed by atoms with van der Waals surface area (Å²) in [6, 6.07) is 7.76. The first kappa shape index (κ1) is 15.5. The van der Waals surface area contributed by atoms with Crippen molar-refractivity contribution in [3.63, 3.8) is 0 Å². The molecule has 0 saturated heterocycles. The van der Waals surface area contributed by atoms with Crippen LogP contribution in [0.5, 0.6) is 0 Å². The second kappa shape index (κ2) is 7.75. The average molecular weight is 291 g/mol. The highest BCUT2D eigenvalue weighted by atomic mass is 16.5. The molecule has 21 heavy (non-hydrogen) atoms. The van der Waals surface area contributed by atoms with E-state index in [0.29, 0.717) is 13.2 Å². The van der Waals surface area contributed by atoms with Crippen molar-refractivity contribution in [3.8, 4) is 0 Å². The first-order chi connectivity index (χ1) is 10.2. The Labute approximate surface area is 124 Å². The lowest BCUT2D eigenvalue weighted by atomic mass is 10.00. The maximum Gasteiger partial charge on any atom is 0.321 e. The van der Waals surface area contributed by atoms with Crippen LogP contribution in [0.25, 0.3) is 0 Å². The molecule has 2 rings (SSSR count). The summed E-state index contributed by atoms with van der Waals surface area (Å²) in [6.07, 6.45) is 0.934. The van der Waals surface area contributed by atoms with E-state index in [1.165, 1.54) is 11.1 Å². The number of rotatable bonds is 5. The fraction of sp³-hybridized carbons (Fsp3) is 0.467. The first-order valence-electron chi connectivity index (χ1n) is 7.05. The van der Waals surface area contributed by atoms with Crippen molar-refractivity contribution in [1.82, 2.24) is 15.5 Å². The van der Waals surface area contributed by atoms with Crippen molar-refractivity contribution >= 4 is 11.9 Å². The predicted octanol–water partition coefficient (Wildman–Crippen LogP) is 0.517.